The highest BCUT2D eigenvalue weighted by Crippen LogP contribution is 1.82. The SMILES string of the molecule is C=CC(=O)OOC(=O)CO. The molecule has 0 spiro atoms. The first kappa shape index (κ1) is 8.64. The van der Waals surface area contributed by atoms with Gasteiger partial charge >= 0.3 is 11.9 Å². The predicted octanol–water partition coefficient (Wildman–Crippen LogP) is -0.834. The van der Waals surface area contributed by atoms with Gasteiger partial charge in [0.2, 0.25) is 0 Å². The molecule has 0 atom stereocenters. The highest BCUT2D eigenvalue weighted by molar-refractivity contribution is 5.81. The van der Waals surface area contributed by atoms with Crippen molar-refractivity contribution in [3.05, 3.63) is 12.7 Å². The van der Waals surface area contributed by atoms with Crippen LogP contribution in [0, 0.1) is 0 Å². The summed E-state index contributed by atoms with van der Waals surface area (Å²) >= 11 is 0. The van der Waals surface area contributed by atoms with Crippen LogP contribution in [0.15, 0.2) is 12.7 Å². The van der Waals surface area contributed by atoms with Crippen molar-refractivity contribution in [3.8, 4) is 0 Å². The minimum Gasteiger partial charge on any atom is -0.384 e. The number of aliphatic hydroxyl groups excluding tert-OH is 1. The number of aliphatic hydroxyl groups is 1. The van der Waals surface area contributed by atoms with E-state index in [4.69, 9.17) is 5.11 Å². The van der Waals surface area contributed by atoms with Crippen LogP contribution in [0.5, 0.6) is 0 Å². The Morgan fingerprint density at radius 3 is 2.50 bits per heavy atom. The highest BCUT2D eigenvalue weighted by atomic mass is 17.2. The molecule has 0 saturated carbocycles. The van der Waals surface area contributed by atoms with Gasteiger partial charge in [0.15, 0.2) is 0 Å². The van der Waals surface area contributed by atoms with E-state index in [-0.39, 0.29) is 0 Å². The predicted molar refractivity (Wildman–Crippen MR) is 29.5 cm³/mol. The Morgan fingerprint density at radius 2 is 2.10 bits per heavy atom. The number of rotatable bonds is 2. The number of carbonyl (C=O) groups is 2. The summed E-state index contributed by atoms with van der Waals surface area (Å²) in [6.07, 6.45) is 0.824. The standard InChI is InChI=1S/C5H6O5/c1-2-4(7)9-10-5(8)3-6/h2,6H,1,3H2. The summed E-state index contributed by atoms with van der Waals surface area (Å²) in [5.74, 6) is -1.92. The Morgan fingerprint density at radius 1 is 1.50 bits per heavy atom. The maximum absolute atomic E-state index is 10.1. The van der Waals surface area contributed by atoms with Crippen LogP contribution >= 0.6 is 0 Å². The van der Waals surface area contributed by atoms with Gasteiger partial charge in [-0.05, 0) is 0 Å². The van der Waals surface area contributed by atoms with Crippen LogP contribution in [0.4, 0.5) is 0 Å². The van der Waals surface area contributed by atoms with Gasteiger partial charge in [-0.25, -0.2) is 19.4 Å². The third-order valence-corrected chi connectivity index (χ3v) is 0.513. The van der Waals surface area contributed by atoms with Crippen molar-refractivity contribution >= 4 is 11.9 Å². The monoisotopic (exact) mass is 146 g/mol. The molecule has 5 nitrogen and oxygen atoms in total. The van der Waals surface area contributed by atoms with Gasteiger partial charge in [0.1, 0.15) is 6.61 Å². The summed E-state index contributed by atoms with van der Waals surface area (Å²) in [6, 6.07) is 0. The Balaban J connectivity index is 3.44. The molecule has 56 valence electrons. The highest BCUT2D eigenvalue weighted by Gasteiger charge is 2.03. The molecule has 10 heavy (non-hydrogen) atoms. The minimum atomic E-state index is -1.03. The zero-order valence-corrected chi connectivity index (χ0v) is 5.07. The van der Waals surface area contributed by atoms with Crippen LogP contribution in [-0.2, 0) is 19.4 Å². The quantitative estimate of drug-likeness (QED) is 0.312. The van der Waals surface area contributed by atoms with E-state index in [1.165, 1.54) is 0 Å². The molecular weight excluding hydrogens is 140 g/mol. The third kappa shape index (κ3) is 3.62. The maximum atomic E-state index is 10.1. The third-order valence-electron chi connectivity index (χ3n) is 0.513. The fraction of sp³-hybridized carbons (Fsp3) is 0.200. The van der Waals surface area contributed by atoms with Gasteiger partial charge in [0, 0.05) is 6.08 Å². The average Bonchev–Trinajstić information content (AvgIpc) is 1.99. The number of carbonyl (C=O) groups excluding carboxylic acids is 2. The molecular formula is C5H6O5. The van der Waals surface area contributed by atoms with Gasteiger partial charge < -0.3 is 5.11 Å². The lowest BCUT2D eigenvalue weighted by Gasteiger charge is -1.95. The molecule has 0 unspecified atom stereocenters. The van der Waals surface area contributed by atoms with Crippen LogP contribution in [0.3, 0.4) is 0 Å². The molecule has 0 aromatic heterocycles. The number of hydrogen-bond acceptors (Lipinski definition) is 5. The van der Waals surface area contributed by atoms with E-state index >= 15 is 0 Å². The molecule has 0 aliphatic carbocycles. The lowest BCUT2D eigenvalue weighted by molar-refractivity contribution is -0.256. The summed E-state index contributed by atoms with van der Waals surface area (Å²) in [4.78, 5) is 27.7. The van der Waals surface area contributed by atoms with E-state index < -0.39 is 18.5 Å². The smallest absolute Gasteiger partial charge is 0.380 e. The van der Waals surface area contributed by atoms with E-state index in [2.05, 4.69) is 16.4 Å². The molecule has 0 aromatic carbocycles. The van der Waals surface area contributed by atoms with Crippen molar-refractivity contribution in [1.29, 1.82) is 0 Å². The largest absolute Gasteiger partial charge is 0.384 e. The molecule has 1 N–H and O–H groups in total. The van der Waals surface area contributed by atoms with Gasteiger partial charge in [-0.1, -0.05) is 6.58 Å². The second-order valence-corrected chi connectivity index (χ2v) is 1.22. The summed E-state index contributed by atoms with van der Waals surface area (Å²) in [5.41, 5.74) is 0. The summed E-state index contributed by atoms with van der Waals surface area (Å²) in [6.45, 7) is 2.21. The molecule has 0 amide bonds. The molecule has 0 rings (SSSR count). The van der Waals surface area contributed by atoms with Crippen molar-refractivity contribution in [1.82, 2.24) is 0 Å². The first-order valence-electron chi connectivity index (χ1n) is 2.35. The Kier molecular flexibility index (Phi) is 3.90. The van der Waals surface area contributed by atoms with Crippen LogP contribution in [-0.4, -0.2) is 23.7 Å². The summed E-state index contributed by atoms with van der Waals surface area (Å²) < 4.78 is 0. The van der Waals surface area contributed by atoms with E-state index in [0.29, 0.717) is 0 Å². The number of hydrogen-bond donors (Lipinski definition) is 1. The summed E-state index contributed by atoms with van der Waals surface area (Å²) in [5, 5.41) is 8.03. The van der Waals surface area contributed by atoms with Gasteiger partial charge in [0.25, 0.3) is 0 Å². The minimum absolute atomic E-state index is 0.824. The van der Waals surface area contributed by atoms with Crippen molar-refractivity contribution in [2.45, 2.75) is 0 Å². The maximum Gasteiger partial charge on any atom is 0.380 e. The van der Waals surface area contributed by atoms with Crippen molar-refractivity contribution in [2.24, 2.45) is 0 Å². The zero-order chi connectivity index (χ0) is 7.98. The van der Waals surface area contributed by atoms with Crippen molar-refractivity contribution in [2.75, 3.05) is 6.61 Å². The second-order valence-electron chi connectivity index (χ2n) is 1.22. The van der Waals surface area contributed by atoms with Gasteiger partial charge in [-0.3, -0.25) is 0 Å². The molecule has 0 fully saturated rings. The normalized spacial score (nSPS) is 8.10. The molecule has 0 bridgehead atoms. The topological polar surface area (TPSA) is 72.8 Å². The summed E-state index contributed by atoms with van der Waals surface area (Å²) in [7, 11) is 0. The van der Waals surface area contributed by atoms with Crippen LogP contribution in [0.1, 0.15) is 0 Å². The first-order chi connectivity index (χ1) is 4.70. The molecule has 0 radical (unpaired) electrons. The Labute approximate surface area is 56.8 Å². The van der Waals surface area contributed by atoms with Crippen molar-refractivity contribution < 1.29 is 24.5 Å². The van der Waals surface area contributed by atoms with Gasteiger partial charge in [-0.2, -0.15) is 0 Å². The molecule has 0 aliphatic rings. The molecule has 0 aliphatic heterocycles. The fourth-order valence-corrected chi connectivity index (χ4v) is 0.148. The first-order valence-corrected chi connectivity index (χ1v) is 2.35. The molecule has 0 saturated heterocycles. The van der Waals surface area contributed by atoms with Crippen LogP contribution in [0.25, 0.3) is 0 Å². The Hall–Kier alpha value is -1.36. The Bertz CT molecular complexity index is 150. The lowest BCUT2D eigenvalue weighted by Crippen LogP contribution is -2.12. The van der Waals surface area contributed by atoms with Gasteiger partial charge in [-0.15, -0.1) is 0 Å². The van der Waals surface area contributed by atoms with Crippen LogP contribution < -0.4 is 0 Å². The van der Waals surface area contributed by atoms with E-state index in [1.807, 2.05) is 0 Å². The molecule has 0 aromatic rings. The second kappa shape index (κ2) is 4.51. The average molecular weight is 146 g/mol. The molecule has 5 heteroatoms. The van der Waals surface area contributed by atoms with Crippen LogP contribution in [0.2, 0.25) is 0 Å². The van der Waals surface area contributed by atoms with E-state index in [9.17, 15) is 9.59 Å². The van der Waals surface area contributed by atoms with Crippen molar-refractivity contribution in [3.63, 3.8) is 0 Å². The molecule has 0 heterocycles. The zero-order valence-electron chi connectivity index (χ0n) is 5.07. The van der Waals surface area contributed by atoms with Gasteiger partial charge in [0.05, 0.1) is 0 Å². The lowest BCUT2D eigenvalue weighted by atomic mass is 10.7. The fourth-order valence-electron chi connectivity index (χ4n) is 0.148. The van der Waals surface area contributed by atoms with E-state index in [1.54, 1.807) is 0 Å². The van der Waals surface area contributed by atoms with E-state index in [0.717, 1.165) is 6.08 Å².